The molecule has 0 atom stereocenters. The van der Waals surface area contributed by atoms with Crippen LogP contribution in [0.25, 0.3) is 0 Å². The highest BCUT2D eigenvalue weighted by Gasteiger charge is 2.08. The van der Waals surface area contributed by atoms with Crippen LogP contribution >= 0.6 is 11.8 Å². The molecule has 1 aromatic carbocycles. The number of benzene rings is 1. The summed E-state index contributed by atoms with van der Waals surface area (Å²) < 4.78 is 5.47. The summed E-state index contributed by atoms with van der Waals surface area (Å²) in [5.41, 5.74) is 2.27. The second-order valence-electron chi connectivity index (χ2n) is 6.52. The van der Waals surface area contributed by atoms with Crippen molar-refractivity contribution in [3.63, 3.8) is 0 Å². The molecule has 0 saturated heterocycles. The van der Waals surface area contributed by atoms with E-state index in [1.807, 2.05) is 38.1 Å². The van der Waals surface area contributed by atoms with Crippen LogP contribution in [0.4, 0.5) is 5.69 Å². The molecule has 0 fully saturated rings. The molecular formula is C19H25N3O3S. The Labute approximate surface area is 157 Å². The van der Waals surface area contributed by atoms with Crippen molar-refractivity contribution >= 4 is 23.4 Å². The SMILES string of the molecule is CC(C)OCc1cc(=O)[nH]c(SCC(=O)Nc2ccc(C(C)C)cc2)n1. The lowest BCUT2D eigenvalue weighted by Crippen LogP contribution is -2.16. The van der Waals surface area contributed by atoms with Gasteiger partial charge in [-0.3, -0.25) is 9.59 Å². The summed E-state index contributed by atoms with van der Waals surface area (Å²) in [5, 5.41) is 3.25. The van der Waals surface area contributed by atoms with Crippen molar-refractivity contribution in [3.05, 3.63) is 51.9 Å². The van der Waals surface area contributed by atoms with Gasteiger partial charge in [-0.1, -0.05) is 37.7 Å². The summed E-state index contributed by atoms with van der Waals surface area (Å²) in [4.78, 5) is 30.8. The zero-order valence-corrected chi connectivity index (χ0v) is 16.4. The van der Waals surface area contributed by atoms with Crippen LogP contribution in [0.15, 0.2) is 40.3 Å². The number of carbonyl (C=O) groups is 1. The third-order valence-electron chi connectivity index (χ3n) is 3.54. The minimum atomic E-state index is -0.255. The molecule has 0 aliphatic carbocycles. The third kappa shape index (κ3) is 6.65. The van der Waals surface area contributed by atoms with Crippen molar-refractivity contribution in [2.24, 2.45) is 0 Å². The van der Waals surface area contributed by atoms with E-state index in [4.69, 9.17) is 4.74 Å². The molecule has 0 radical (unpaired) electrons. The van der Waals surface area contributed by atoms with E-state index in [2.05, 4.69) is 29.1 Å². The van der Waals surface area contributed by atoms with E-state index in [1.54, 1.807) is 0 Å². The predicted octanol–water partition coefficient (Wildman–Crippen LogP) is 3.55. The topological polar surface area (TPSA) is 84.1 Å². The van der Waals surface area contributed by atoms with Crippen LogP contribution in [0.2, 0.25) is 0 Å². The Hall–Kier alpha value is -2.12. The molecule has 2 aromatic rings. The normalized spacial score (nSPS) is 11.2. The van der Waals surface area contributed by atoms with Crippen LogP contribution in [-0.2, 0) is 16.1 Å². The number of nitrogens with one attached hydrogen (secondary N) is 2. The molecule has 0 unspecified atom stereocenters. The second kappa shape index (κ2) is 9.54. The zero-order valence-electron chi connectivity index (χ0n) is 15.5. The first-order chi connectivity index (χ1) is 12.3. The maximum atomic E-state index is 12.1. The molecule has 2 N–H and O–H groups in total. The van der Waals surface area contributed by atoms with Gasteiger partial charge in [-0.2, -0.15) is 0 Å². The summed E-state index contributed by atoms with van der Waals surface area (Å²) in [6.45, 7) is 8.35. The molecular weight excluding hydrogens is 350 g/mol. The van der Waals surface area contributed by atoms with Gasteiger partial charge in [0, 0.05) is 11.8 Å². The number of nitrogens with zero attached hydrogens (tertiary/aromatic N) is 1. The molecule has 0 bridgehead atoms. The van der Waals surface area contributed by atoms with Gasteiger partial charge in [-0.25, -0.2) is 4.98 Å². The third-order valence-corrected chi connectivity index (χ3v) is 4.41. The highest BCUT2D eigenvalue weighted by atomic mass is 32.2. The predicted molar refractivity (Wildman–Crippen MR) is 105 cm³/mol. The highest BCUT2D eigenvalue weighted by molar-refractivity contribution is 7.99. The van der Waals surface area contributed by atoms with Crippen LogP contribution < -0.4 is 10.9 Å². The molecule has 7 heteroatoms. The monoisotopic (exact) mass is 375 g/mol. The lowest BCUT2D eigenvalue weighted by molar-refractivity contribution is -0.113. The summed E-state index contributed by atoms with van der Waals surface area (Å²) >= 11 is 1.18. The summed E-state index contributed by atoms with van der Waals surface area (Å²) in [6.07, 6.45) is 0.0556. The quantitative estimate of drug-likeness (QED) is 0.544. The number of aromatic amines is 1. The van der Waals surface area contributed by atoms with Gasteiger partial charge in [-0.05, 0) is 37.5 Å². The van der Waals surface area contributed by atoms with Crippen molar-refractivity contribution in [2.75, 3.05) is 11.1 Å². The smallest absolute Gasteiger partial charge is 0.251 e. The molecule has 2 rings (SSSR count). The zero-order chi connectivity index (χ0) is 19.1. The maximum absolute atomic E-state index is 12.1. The molecule has 0 aliphatic rings. The van der Waals surface area contributed by atoms with Gasteiger partial charge in [0.05, 0.1) is 24.2 Å². The number of amides is 1. The Kier molecular flexibility index (Phi) is 7.41. The fourth-order valence-electron chi connectivity index (χ4n) is 2.16. The first-order valence-electron chi connectivity index (χ1n) is 8.58. The molecule has 0 saturated carbocycles. The van der Waals surface area contributed by atoms with Crippen molar-refractivity contribution < 1.29 is 9.53 Å². The van der Waals surface area contributed by atoms with Crippen LogP contribution in [0.1, 0.15) is 44.9 Å². The van der Waals surface area contributed by atoms with Crippen molar-refractivity contribution in [1.82, 2.24) is 9.97 Å². The number of hydrogen-bond acceptors (Lipinski definition) is 5. The van der Waals surface area contributed by atoms with Gasteiger partial charge in [0.25, 0.3) is 5.56 Å². The maximum Gasteiger partial charge on any atom is 0.251 e. The number of aromatic nitrogens is 2. The minimum absolute atomic E-state index is 0.0556. The molecule has 1 amide bonds. The summed E-state index contributed by atoms with van der Waals surface area (Å²) in [6, 6.07) is 9.20. The number of ether oxygens (including phenoxy) is 1. The van der Waals surface area contributed by atoms with Gasteiger partial charge in [0.2, 0.25) is 5.91 Å². The van der Waals surface area contributed by atoms with Crippen LogP contribution in [0, 0.1) is 0 Å². The highest BCUT2D eigenvalue weighted by Crippen LogP contribution is 2.18. The van der Waals surface area contributed by atoms with E-state index in [9.17, 15) is 9.59 Å². The molecule has 1 heterocycles. The fourth-order valence-corrected chi connectivity index (χ4v) is 2.85. The first-order valence-corrected chi connectivity index (χ1v) is 9.56. The standard InChI is InChI=1S/C19H25N3O3S/c1-12(2)14-5-7-15(8-6-14)20-18(24)11-26-19-21-16(9-17(23)22-19)10-25-13(3)4/h5-9,12-13H,10-11H2,1-4H3,(H,20,24)(H,21,22,23). The minimum Gasteiger partial charge on any atom is -0.373 e. The summed E-state index contributed by atoms with van der Waals surface area (Å²) in [7, 11) is 0. The first kappa shape index (κ1) is 20.2. The van der Waals surface area contributed by atoms with Gasteiger partial charge >= 0.3 is 0 Å². The lowest BCUT2D eigenvalue weighted by atomic mass is 10.0. The molecule has 1 aromatic heterocycles. The summed E-state index contributed by atoms with van der Waals surface area (Å²) in [5.74, 6) is 0.451. The molecule has 0 aliphatic heterocycles. The Bertz CT molecular complexity index is 785. The van der Waals surface area contributed by atoms with Crippen LogP contribution in [-0.4, -0.2) is 27.7 Å². The number of carbonyl (C=O) groups excluding carboxylic acids is 1. The van der Waals surface area contributed by atoms with E-state index in [1.165, 1.54) is 23.4 Å². The molecule has 0 spiro atoms. The largest absolute Gasteiger partial charge is 0.373 e. The van der Waals surface area contributed by atoms with Crippen LogP contribution in [0.3, 0.4) is 0 Å². The van der Waals surface area contributed by atoms with E-state index in [-0.39, 0.29) is 29.9 Å². The van der Waals surface area contributed by atoms with Crippen molar-refractivity contribution in [3.8, 4) is 0 Å². The lowest BCUT2D eigenvalue weighted by Gasteiger charge is -2.09. The average Bonchev–Trinajstić information content (AvgIpc) is 2.58. The number of thioether (sulfide) groups is 1. The molecule has 6 nitrogen and oxygen atoms in total. The Morgan fingerprint density at radius 3 is 2.54 bits per heavy atom. The van der Waals surface area contributed by atoms with E-state index < -0.39 is 0 Å². The molecule has 140 valence electrons. The van der Waals surface area contributed by atoms with Crippen molar-refractivity contribution in [2.45, 2.75) is 51.5 Å². The Balaban J connectivity index is 1.91. The number of hydrogen-bond donors (Lipinski definition) is 2. The fraction of sp³-hybridized carbons (Fsp3) is 0.421. The molecule has 26 heavy (non-hydrogen) atoms. The average molecular weight is 375 g/mol. The van der Waals surface area contributed by atoms with Gasteiger partial charge in [-0.15, -0.1) is 0 Å². The van der Waals surface area contributed by atoms with Gasteiger partial charge < -0.3 is 15.0 Å². The van der Waals surface area contributed by atoms with E-state index >= 15 is 0 Å². The Morgan fingerprint density at radius 2 is 1.92 bits per heavy atom. The number of anilines is 1. The van der Waals surface area contributed by atoms with Crippen molar-refractivity contribution in [1.29, 1.82) is 0 Å². The number of H-pyrrole nitrogens is 1. The Morgan fingerprint density at radius 1 is 1.23 bits per heavy atom. The van der Waals surface area contributed by atoms with Gasteiger partial charge in [0.15, 0.2) is 5.16 Å². The number of rotatable bonds is 8. The van der Waals surface area contributed by atoms with Crippen LogP contribution in [0.5, 0.6) is 0 Å². The van der Waals surface area contributed by atoms with Gasteiger partial charge in [0.1, 0.15) is 0 Å². The second-order valence-corrected chi connectivity index (χ2v) is 7.48. The van der Waals surface area contributed by atoms with E-state index in [0.29, 0.717) is 16.8 Å². The van der Waals surface area contributed by atoms with E-state index in [0.717, 1.165) is 5.69 Å².